The Balaban J connectivity index is 2.09. The lowest BCUT2D eigenvalue weighted by Crippen LogP contribution is -2.02. The normalized spacial score (nSPS) is 25.1. The van der Waals surface area contributed by atoms with E-state index in [1.807, 2.05) is 12.1 Å². The molecule has 2 N–H and O–H groups in total. The van der Waals surface area contributed by atoms with Gasteiger partial charge in [-0.15, -0.1) is 0 Å². The van der Waals surface area contributed by atoms with E-state index in [-0.39, 0.29) is 0 Å². The van der Waals surface area contributed by atoms with Crippen LogP contribution in [0.25, 0.3) is 6.08 Å². The van der Waals surface area contributed by atoms with Crippen LogP contribution in [0, 0.1) is 5.92 Å². The third-order valence-corrected chi connectivity index (χ3v) is 2.93. The quantitative estimate of drug-likeness (QED) is 0.819. The van der Waals surface area contributed by atoms with Gasteiger partial charge in [-0.2, -0.15) is 0 Å². The highest BCUT2D eigenvalue weighted by atomic mass is 16.5. The first kappa shape index (κ1) is 10.2. The first-order valence-electron chi connectivity index (χ1n) is 5.28. The molecule has 0 aromatic heterocycles. The van der Waals surface area contributed by atoms with Gasteiger partial charge in [0.25, 0.3) is 0 Å². The molecule has 0 radical (unpaired) electrons. The molecular weight excluding hydrogens is 186 g/mol. The van der Waals surface area contributed by atoms with Gasteiger partial charge >= 0.3 is 0 Å². The predicted molar refractivity (Wildman–Crippen MR) is 62.7 cm³/mol. The molecule has 0 heterocycles. The fourth-order valence-corrected chi connectivity index (χ4v) is 1.81. The molecule has 0 amide bonds. The molecule has 2 nitrogen and oxygen atoms in total. The highest BCUT2D eigenvalue weighted by Gasteiger charge is 2.34. The molecule has 2 atom stereocenters. The van der Waals surface area contributed by atoms with Crippen LogP contribution in [0.2, 0.25) is 0 Å². The maximum atomic E-state index is 5.81. The lowest BCUT2D eigenvalue weighted by Gasteiger charge is -2.01. The minimum absolute atomic E-state index is 0.388. The van der Waals surface area contributed by atoms with E-state index in [4.69, 9.17) is 10.5 Å². The number of ether oxygens (including phenoxy) is 1. The average molecular weight is 203 g/mol. The van der Waals surface area contributed by atoms with E-state index in [2.05, 4.69) is 25.1 Å². The molecule has 1 aromatic rings. The number of hydrogen-bond donors (Lipinski definition) is 1. The van der Waals surface area contributed by atoms with E-state index in [0.29, 0.717) is 12.0 Å². The molecule has 0 saturated heterocycles. The maximum Gasteiger partial charge on any atom is 0.118 e. The Labute approximate surface area is 90.7 Å². The fourth-order valence-electron chi connectivity index (χ4n) is 1.81. The molecule has 0 bridgehead atoms. The van der Waals surface area contributed by atoms with E-state index >= 15 is 0 Å². The lowest BCUT2D eigenvalue weighted by molar-refractivity contribution is 0.415. The van der Waals surface area contributed by atoms with E-state index in [0.717, 1.165) is 12.2 Å². The molecular formula is C13H17NO. The molecule has 1 aromatic carbocycles. The molecule has 1 aliphatic rings. The third kappa shape index (κ3) is 2.39. The molecule has 80 valence electrons. The van der Waals surface area contributed by atoms with Gasteiger partial charge in [-0.1, -0.05) is 23.8 Å². The van der Waals surface area contributed by atoms with E-state index in [9.17, 15) is 0 Å². The van der Waals surface area contributed by atoms with Crippen molar-refractivity contribution in [2.45, 2.75) is 19.4 Å². The highest BCUT2D eigenvalue weighted by Crippen LogP contribution is 2.35. The van der Waals surface area contributed by atoms with Crippen LogP contribution in [-0.2, 0) is 0 Å². The molecule has 0 spiro atoms. The van der Waals surface area contributed by atoms with Gasteiger partial charge in [0.05, 0.1) is 7.11 Å². The van der Waals surface area contributed by atoms with Crippen LogP contribution in [0.15, 0.2) is 29.8 Å². The number of rotatable bonds is 3. The predicted octanol–water partition coefficient (Wildman–Crippen LogP) is 2.45. The first-order valence-corrected chi connectivity index (χ1v) is 5.28. The minimum Gasteiger partial charge on any atom is -0.497 e. The molecule has 2 heteroatoms. The van der Waals surface area contributed by atoms with Crippen molar-refractivity contribution in [2.75, 3.05) is 7.11 Å². The zero-order chi connectivity index (χ0) is 10.8. The smallest absolute Gasteiger partial charge is 0.118 e. The Morgan fingerprint density at radius 3 is 2.47 bits per heavy atom. The summed E-state index contributed by atoms with van der Waals surface area (Å²) >= 11 is 0. The van der Waals surface area contributed by atoms with Crippen molar-refractivity contribution in [2.24, 2.45) is 11.7 Å². The molecule has 15 heavy (non-hydrogen) atoms. The van der Waals surface area contributed by atoms with Gasteiger partial charge in [-0.25, -0.2) is 0 Å². The molecule has 1 aliphatic carbocycles. The number of methoxy groups -OCH3 is 1. The van der Waals surface area contributed by atoms with Gasteiger partial charge in [-0.3, -0.25) is 0 Å². The van der Waals surface area contributed by atoms with Gasteiger partial charge in [0.2, 0.25) is 0 Å². The molecule has 1 fully saturated rings. The van der Waals surface area contributed by atoms with Gasteiger partial charge in [0, 0.05) is 6.04 Å². The third-order valence-electron chi connectivity index (χ3n) is 2.93. The monoisotopic (exact) mass is 203 g/mol. The maximum absolute atomic E-state index is 5.81. The summed E-state index contributed by atoms with van der Waals surface area (Å²) in [6.45, 7) is 2.15. The Morgan fingerprint density at radius 2 is 2.00 bits per heavy atom. The van der Waals surface area contributed by atoms with Crippen molar-refractivity contribution >= 4 is 6.08 Å². The van der Waals surface area contributed by atoms with Gasteiger partial charge in [0.15, 0.2) is 0 Å². The van der Waals surface area contributed by atoms with Crippen LogP contribution in [0.3, 0.4) is 0 Å². The first-order chi connectivity index (χ1) is 7.20. The molecule has 0 unspecified atom stereocenters. The second-order valence-electron chi connectivity index (χ2n) is 4.17. The van der Waals surface area contributed by atoms with E-state index < -0.39 is 0 Å². The number of nitrogens with two attached hydrogens (primary N) is 1. The summed E-state index contributed by atoms with van der Waals surface area (Å²) in [5.41, 5.74) is 8.40. The summed E-state index contributed by atoms with van der Waals surface area (Å²) in [5.74, 6) is 1.50. The van der Waals surface area contributed by atoms with Crippen LogP contribution >= 0.6 is 0 Å². The van der Waals surface area contributed by atoms with Crippen LogP contribution in [0.1, 0.15) is 18.9 Å². The molecule has 0 aliphatic heterocycles. The van der Waals surface area contributed by atoms with Gasteiger partial charge in [0.1, 0.15) is 5.75 Å². The summed E-state index contributed by atoms with van der Waals surface area (Å²) in [5, 5.41) is 0. The standard InChI is InChI=1S/C13H17NO/c1-9(12-8-13(12)14)7-10-3-5-11(15-2)6-4-10/h3-7,12-13H,8,14H2,1-2H3/b9-7+/t12-,13+/m0/s1. The van der Waals surface area contributed by atoms with Gasteiger partial charge < -0.3 is 10.5 Å². The highest BCUT2D eigenvalue weighted by molar-refractivity contribution is 5.55. The summed E-state index contributed by atoms with van der Waals surface area (Å²) in [6.07, 6.45) is 3.34. The fraction of sp³-hybridized carbons (Fsp3) is 0.385. The van der Waals surface area contributed by atoms with Crippen molar-refractivity contribution in [1.82, 2.24) is 0 Å². The summed E-state index contributed by atoms with van der Waals surface area (Å²) in [6, 6.07) is 8.48. The summed E-state index contributed by atoms with van der Waals surface area (Å²) < 4.78 is 5.11. The second-order valence-corrected chi connectivity index (χ2v) is 4.17. The van der Waals surface area contributed by atoms with Crippen molar-refractivity contribution in [3.05, 3.63) is 35.4 Å². The summed E-state index contributed by atoms with van der Waals surface area (Å²) in [4.78, 5) is 0. The topological polar surface area (TPSA) is 35.2 Å². The average Bonchev–Trinajstić information content (AvgIpc) is 2.97. The Bertz CT molecular complexity index is 367. The Hall–Kier alpha value is -1.28. The largest absolute Gasteiger partial charge is 0.497 e. The lowest BCUT2D eigenvalue weighted by atomic mass is 10.1. The molecule has 1 saturated carbocycles. The van der Waals surface area contributed by atoms with Crippen LogP contribution in [0.5, 0.6) is 5.75 Å². The van der Waals surface area contributed by atoms with Crippen molar-refractivity contribution in [3.8, 4) is 5.75 Å². The number of benzene rings is 1. The molecule has 2 rings (SSSR count). The van der Waals surface area contributed by atoms with E-state index in [1.165, 1.54) is 11.1 Å². The minimum atomic E-state index is 0.388. The zero-order valence-electron chi connectivity index (χ0n) is 9.23. The van der Waals surface area contributed by atoms with Crippen LogP contribution < -0.4 is 10.5 Å². The van der Waals surface area contributed by atoms with Crippen LogP contribution in [0.4, 0.5) is 0 Å². The van der Waals surface area contributed by atoms with Gasteiger partial charge in [-0.05, 0) is 37.0 Å². The Morgan fingerprint density at radius 1 is 1.40 bits per heavy atom. The van der Waals surface area contributed by atoms with Crippen molar-refractivity contribution in [1.29, 1.82) is 0 Å². The van der Waals surface area contributed by atoms with Crippen LogP contribution in [-0.4, -0.2) is 13.2 Å². The second kappa shape index (κ2) is 4.07. The zero-order valence-corrected chi connectivity index (χ0v) is 9.23. The number of hydrogen-bond acceptors (Lipinski definition) is 2. The SMILES string of the molecule is COc1ccc(/C=C(\C)[C@@H]2C[C@H]2N)cc1. The summed E-state index contributed by atoms with van der Waals surface area (Å²) in [7, 11) is 1.68. The Kier molecular flexibility index (Phi) is 2.78. The van der Waals surface area contributed by atoms with Crippen molar-refractivity contribution < 1.29 is 4.74 Å². The van der Waals surface area contributed by atoms with E-state index in [1.54, 1.807) is 7.11 Å². The van der Waals surface area contributed by atoms with Crippen molar-refractivity contribution in [3.63, 3.8) is 0 Å².